The number of hydrogen-bond donors (Lipinski definition) is 0. The number of carbonyl (C=O) groups excluding carboxylic acids is 1. The Hall–Kier alpha value is -2.49. The van der Waals surface area contributed by atoms with Gasteiger partial charge in [-0.15, -0.1) is 0 Å². The Morgan fingerprint density at radius 2 is 1.47 bits per heavy atom. The number of halogens is 2. The van der Waals surface area contributed by atoms with Gasteiger partial charge in [0.1, 0.15) is 0 Å². The number of aryl methyl sites for hydroxylation is 1. The molecule has 1 aliphatic rings. The normalized spacial score (nSPS) is 21.4. The smallest absolute Gasteiger partial charge is 0.286 e. The summed E-state index contributed by atoms with van der Waals surface area (Å²) in [5, 5.41) is 1.29. The molecule has 0 N–H and O–H groups in total. The largest absolute Gasteiger partial charge is 0.330 e. The van der Waals surface area contributed by atoms with Crippen molar-refractivity contribution in [1.82, 2.24) is 0 Å². The van der Waals surface area contributed by atoms with Crippen molar-refractivity contribution in [2.24, 2.45) is 0 Å². The van der Waals surface area contributed by atoms with Crippen molar-refractivity contribution in [3.05, 3.63) is 94.0 Å². The van der Waals surface area contributed by atoms with Gasteiger partial charge in [0.05, 0.1) is 11.6 Å². The van der Waals surface area contributed by atoms with E-state index >= 15 is 0 Å². The molecule has 2 amide bonds. The second kappa shape index (κ2) is 7.98. The molecule has 1 aliphatic heterocycles. The first kappa shape index (κ1) is 20.8. The highest BCUT2D eigenvalue weighted by atomic mass is 35.5. The molecule has 0 radical (unpaired) electrons. The second-order valence-corrected chi connectivity index (χ2v) is 8.84. The van der Waals surface area contributed by atoms with E-state index in [1.54, 1.807) is 0 Å². The van der Waals surface area contributed by atoms with Crippen molar-refractivity contribution in [2.75, 3.05) is 9.80 Å². The minimum absolute atomic E-state index is 0.0597. The average Bonchev–Trinajstić information content (AvgIpc) is 2.97. The number of amides is 2. The lowest BCUT2D eigenvalue weighted by atomic mass is 9.83. The van der Waals surface area contributed by atoms with Gasteiger partial charge in [-0.25, -0.2) is 4.79 Å². The predicted octanol–water partition coefficient (Wildman–Crippen LogP) is 7.66. The molecular weight excluding hydrogens is 415 g/mol. The van der Waals surface area contributed by atoms with Crippen LogP contribution in [0.2, 0.25) is 10.0 Å². The maximum absolute atomic E-state index is 13.9. The molecule has 3 aromatic rings. The zero-order chi connectivity index (χ0) is 21.5. The first-order valence-corrected chi connectivity index (χ1v) is 10.8. The van der Waals surface area contributed by atoms with Crippen LogP contribution in [-0.2, 0) is 0 Å². The summed E-state index contributed by atoms with van der Waals surface area (Å²) in [6.45, 7) is 6.36. The highest BCUT2D eigenvalue weighted by Gasteiger charge is 2.55. The number of anilines is 2. The fraction of sp³-hybridized carbons (Fsp3) is 0.240. The molecule has 5 heteroatoms. The summed E-state index contributed by atoms with van der Waals surface area (Å²) in [5.41, 5.74) is 3.48. The molecule has 30 heavy (non-hydrogen) atoms. The fourth-order valence-electron chi connectivity index (χ4n) is 4.39. The minimum Gasteiger partial charge on any atom is -0.286 e. The Balaban J connectivity index is 1.93. The molecule has 1 saturated heterocycles. The summed E-state index contributed by atoms with van der Waals surface area (Å²) < 4.78 is 0. The zero-order valence-electron chi connectivity index (χ0n) is 17.3. The summed E-state index contributed by atoms with van der Waals surface area (Å²) in [4.78, 5) is 17.7. The number of hydrogen-bond acceptors (Lipinski definition) is 1. The molecule has 0 bridgehead atoms. The van der Waals surface area contributed by atoms with Gasteiger partial charge in [0.15, 0.2) is 0 Å². The first-order chi connectivity index (χ1) is 14.3. The van der Waals surface area contributed by atoms with Gasteiger partial charge in [0.2, 0.25) is 0 Å². The maximum atomic E-state index is 13.9. The van der Waals surface area contributed by atoms with Crippen LogP contribution >= 0.6 is 23.2 Å². The van der Waals surface area contributed by atoms with Crippen LogP contribution in [-0.4, -0.2) is 11.6 Å². The van der Waals surface area contributed by atoms with Crippen LogP contribution in [0.3, 0.4) is 0 Å². The van der Waals surface area contributed by atoms with Crippen molar-refractivity contribution in [3.8, 4) is 0 Å². The van der Waals surface area contributed by atoms with Crippen LogP contribution < -0.4 is 9.80 Å². The maximum Gasteiger partial charge on any atom is 0.330 e. The number of benzene rings is 3. The van der Waals surface area contributed by atoms with Crippen molar-refractivity contribution >= 4 is 40.6 Å². The van der Waals surface area contributed by atoms with E-state index in [4.69, 9.17) is 23.2 Å². The lowest BCUT2D eigenvalue weighted by Crippen LogP contribution is -2.45. The highest BCUT2D eigenvalue weighted by molar-refractivity contribution is 6.31. The molecule has 2 atom stereocenters. The first-order valence-electron chi connectivity index (χ1n) is 10.1. The molecule has 1 fully saturated rings. The number of nitrogens with zero attached hydrogens (tertiary/aromatic N) is 2. The molecule has 0 saturated carbocycles. The van der Waals surface area contributed by atoms with Crippen molar-refractivity contribution < 1.29 is 4.79 Å². The zero-order valence-corrected chi connectivity index (χ0v) is 18.8. The second-order valence-electron chi connectivity index (χ2n) is 7.97. The van der Waals surface area contributed by atoms with Gasteiger partial charge in [-0.3, -0.25) is 9.80 Å². The Kier molecular flexibility index (Phi) is 5.52. The van der Waals surface area contributed by atoms with Crippen molar-refractivity contribution in [3.63, 3.8) is 0 Å². The lowest BCUT2D eigenvalue weighted by Gasteiger charge is -2.38. The molecule has 0 unspecified atom stereocenters. The number of urea groups is 1. The Bertz CT molecular complexity index is 1070. The molecule has 1 heterocycles. The quantitative estimate of drug-likeness (QED) is 0.409. The van der Waals surface area contributed by atoms with Crippen LogP contribution in [0.4, 0.5) is 16.2 Å². The van der Waals surface area contributed by atoms with Crippen molar-refractivity contribution in [2.45, 2.75) is 38.8 Å². The highest BCUT2D eigenvalue weighted by Crippen LogP contribution is 2.49. The molecule has 154 valence electrons. The van der Waals surface area contributed by atoms with E-state index in [0.29, 0.717) is 10.0 Å². The Morgan fingerprint density at radius 3 is 2.00 bits per heavy atom. The van der Waals surface area contributed by atoms with Gasteiger partial charge < -0.3 is 0 Å². The summed E-state index contributed by atoms with van der Waals surface area (Å²) >= 11 is 12.2. The average molecular weight is 439 g/mol. The summed E-state index contributed by atoms with van der Waals surface area (Å²) in [5.74, 6) is 0. The molecule has 0 aliphatic carbocycles. The monoisotopic (exact) mass is 438 g/mol. The van der Waals surface area contributed by atoms with Gasteiger partial charge in [0.25, 0.3) is 0 Å². The Morgan fingerprint density at radius 1 is 0.900 bits per heavy atom. The molecule has 0 aromatic heterocycles. The SMILES string of the molecule is CC[C@@]1(C)[C@H](c2cccc(C)c2)N(c2ccc(Cl)cc2)C(=O)N1c1ccc(Cl)cc1. The summed E-state index contributed by atoms with van der Waals surface area (Å²) in [6.07, 6.45) is 0.782. The van der Waals surface area contributed by atoms with E-state index in [9.17, 15) is 4.79 Å². The summed E-state index contributed by atoms with van der Waals surface area (Å²) in [6, 6.07) is 23.1. The third kappa shape index (κ3) is 3.46. The third-order valence-electron chi connectivity index (χ3n) is 6.02. The van der Waals surface area contributed by atoms with Gasteiger partial charge in [-0.1, -0.05) is 60.0 Å². The summed E-state index contributed by atoms with van der Waals surface area (Å²) in [7, 11) is 0. The van der Waals surface area contributed by atoms with Crippen LogP contribution in [0.5, 0.6) is 0 Å². The van der Waals surface area contributed by atoms with Crippen LogP contribution in [0.25, 0.3) is 0 Å². The van der Waals surface area contributed by atoms with Gasteiger partial charge >= 0.3 is 6.03 Å². The van der Waals surface area contributed by atoms with Crippen molar-refractivity contribution in [1.29, 1.82) is 0 Å². The van der Waals surface area contributed by atoms with Crippen LogP contribution in [0.15, 0.2) is 72.8 Å². The van der Waals surface area contributed by atoms with Gasteiger partial charge in [0, 0.05) is 21.4 Å². The van der Waals surface area contributed by atoms with Gasteiger partial charge in [-0.05, 0) is 74.4 Å². The van der Waals surface area contributed by atoms with E-state index in [0.717, 1.165) is 23.4 Å². The molecule has 3 aromatic carbocycles. The third-order valence-corrected chi connectivity index (χ3v) is 6.52. The topological polar surface area (TPSA) is 23.6 Å². The molecular formula is C25H24Cl2N2O. The van der Waals surface area contributed by atoms with Gasteiger partial charge in [-0.2, -0.15) is 0 Å². The lowest BCUT2D eigenvalue weighted by molar-refractivity contribution is 0.254. The van der Waals surface area contributed by atoms with E-state index in [-0.39, 0.29) is 12.1 Å². The number of rotatable bonds is 4. The molecule has 4 rings (SSSR count). The minimum atomic E-state index is -0.460. The predicted molar refractivity (Wildman–Crippen MR) is 126 cm³/mol. The van der Waals surface area contributed by atoms with E-state index in [1.807, 2.05) is 58.3 Å². The van der Waals surface area contributed by atoms with E-state index in [2.05, 4.69) is 45.0 Å². The Labute approximate surface area is 187 Å². The van der Waals surface area contributed by atoms with E-state index < -0.39 is 5.54 Å². The van der Waals surface area contributed by atoms with E-state index in [1.165, 1.54) is 5.56 Å². The molecule has 0 spiro atoms. The fourth-order valence-corrected chi connectivity index (χ4v) is 4.65. The van der Waals surface area contributed by atoms with Crippen LogP contribution in [0.1, 0.15) is 37.4 Å². The standard InChI is InChI=1S/C25H24Cl2N2O/c1-4-25(3)23(18-7-5-6-17(2)16-18)28(21-12-8-19(26)9-13-21)24(30)29(25)22-14-10-20(27)11-15-22/h5-16,23H,4H2,1-3H3/t23-,25-/m0/s1. The number of carbonyl (C=O) groups is 1. The molecule has 3 nitrogen and oxygen atoms in total. The van der Waals surface area contributed by atoms with Crippen LogP contribution in [0, 0.1) is 6.92 Å².